The maximum Gasteiger partial charge on any atom is 0.229 e. The highest BCUT2D eigenvalue weighted by molar-refractivity contribution is 5.94. The van der Waals surface area contributed by atoms with Gasteiger partial charge in [0.15, 0.2) is 0 Å². The van der Waals surface area contributed by atoms with Gasteiger partial charge >= 0.3 is 0 Å². The van der Waals surface area contributed by atoms with Crippen LogP contribution in [0, 0.1) is 5.92 Å². The third-order valence-corrected chi connectivity index (χ3v) is 3.59. The van der Waals surface area contributed by atoms with E-state index in [1.807, 2.05) is 45.3 Å². The molecular weight excluding hydrogens is 294 g/mol. The van der Waals surface area contributed by atoms with E-state index in [4.69, 9.17) is 9.47 Å². The van der Waals surface area contributed by atoms with Crippen LogP contribution < -0.4 is 14.4 Å². The van der Waals surface area contributed by atoms with Crippen LogP contribution in [0.3, 0.4) is 0 Å². The first-order chi connectivity index (χ1) is 11.0. The van der Waals surface area contributed by atoms with Gasteiger partial charge in [-0.1, -0.05) is 13.8 Å². The zero-order valence-corrected chi connectivity index (χ0v) is 14.2. The van der Waals surface area contributed by atoms with Crippen LogP contribution in [0.4, 0.5) is 5.69 Å². The number of rotatable bonds is 6. The molecule has 0 saturated carbocycles. The lowest BCUT2D eigenvalue weighted by Gasteiger charge is -2.24. The molecule has 2 aromatic rings. The number of hydrogen-bond acceptors (Lipinski definition) is 4. The van der Waals surface area contributed by atoms with Gasteiger partial charge in [0.05, 0.1) is 32.6 Å². The summed E-state index contributed by atoms with van der Waals surface area (Å²) in [6.07, 6.45) is 3.52. The van der Waals surface area contributed by atoms with Crippen LogP contribution in [-0.2, 0) is 18.4 Å². The lowest BCUT2D eigenvalue weighted by molar-refractivity contribution is -0.121. The van der Waals surface area contributed by atoms with Gasteiger partial charge in [0.25, 0.3) is 0 Å². The van der Waals surface area contributed by atoms with Gasteiger partial charge in [-0.3, -0.25) is 9.48 Å². The Labute approximate surface area is 136 Å². The van der Waals surface area contributed by atoms with Crippen LogP contribution in [0.1, 0.15) is 19.4 Å². The van der Waals surface area contributed by atoms with Crippen molar-refractivity contribution in [2.24, 2.45) is 13.0 Å². The minimum Gasteiger partial charge on any atom is -0.497 e. The van der Waals surface area contributed by atoms with E-state index >= 15 is 0 Å². The van der Waals surface area contributed by atoms with Crippen LogP contribution in [0.15, 0.2) is 30.6 Å². The minimum atomic E-state index is -0.112. The van der Waals surface area contributed by atoms with Crippen LogP contribution >= 0.6 is 0 Å². The second-order valence-electron chi connectivity index (χ2n) is 5.63. The Morgan fingerprint density at radius 1 is 1.30 bits per heavy atom. The zero-order chi connectivity index (χ0) is 17.0. The molecule has 1 aromatic carbocycles. The van der Waals surface area contributed by atoms with Crippen LogP contribution in [0.5, 0.6) is 11.5 Å². The number of aromatic nitrogens is 2. The highest BCUT2D eigenvalue weighted by atomic mass is 16.5. The molecule has 0 spiro atoms. The molecule has 0 aliphatic heterocycles. The first-order valence-electron chi connectivity index (χ1n) is 7.47. The molecule has 6 heteroatoms. The van der Waals surface area contributed by atoms with Crippen molar-refractivity contribution in [3.8, 4) is 11.5 Å². The van der Waals surface area contributed by atoms with E-state index < -0.39 is 0 Å². The summed E-state index contributed by atoms with van der Waals surface area (Å²) in [4.78, 5) is 14.3. The molecular formula is C17H23N3O3. The van der Waals surface area contributed by atoms with Gasteiger partial charge in [0.2, 0.25) is 5.91 Å². The molecule has 1 aromatic heterocycles. The molecule has 0 bridgehead atoms. The molecule has 23 heavy (non-hydrogen) atoms. The van der Waals surface area contributed by atoms with Crippen molar-refractivity contribution in [2.45, 2.75) is 20.4 Å². The quantitative estimate of drug-likeness (QED) is 0.822. The Morgan fingerprint density at radius 2 is 2.04 bits per heavy atom. The highest BCUT2D eigenvalue weighted by Gasteiger charge is 2.22. The van der Waals surface area contributed by atoms with Gasteiger partial charge in [-0.15, -0.1) is 0 Å². The first-order valence-corrected chi connectivity index (χ1v) is 7.47. The van der Waals surface area contributed by atoms with Crippen molar-refractivity contribution in [1.29, 1.82) is 0 Å². The predicted molar refractivity (Wildman–Crippen MR) is 88.8 cm³/mol. The maximum absolute atomic E-state index is 12.6. The summed E-state index contributed by atoms with van der Waals surface area (Å²) >= 11 is 0. The second-order valence-corrected chi connectivity index (χ2v) is 5.63. The van der Waals surface area contributed by atoms with E-state index in [2.05, 4.69) is 5.10 Å². The van der Waals surface area contributed by atoms with Crippen LogP contribution in [0.25, 0.3) is 0 Å². The summed E-state index contributed by atoms with van der Waals surface area (Å²) in [6, 6.07) is 5.59. The van der Waals surface area contributed by atoms with Crippen molar-refractivity contribution in [3.63, 3.8) is 0 Å². The number of amides is 1. The lowest BCUT2D eigenvalue weighted by Crippen LogP contribution is -2.33. The standard InChI is InChI=1S/C17H23N3O3/c1-12(2)17(21)20(14-9-18-19(3)11-14)10-13-6-7-15(22-4)8-16(13)23-5/h6-9,11-12H,10H2,1-5H3. The van der Waals surface area contributed by atoms with E-state index in [1.165, 1.54) is 0 Å². The number of methoxy groups -OCH3 is 2. The molecule has 0 fully saturated rings. The number of carbonyl (C=O) groups is 1. The molecule has 124 valence electrons. The van der Waals surface area contributed by atoms with Crippen LogP contribution in [-0.4, -0.2) is 29.9 Å². The summed E-state index contributed by atoms with van der Waals surface area (Å²) in [5.74, 6) is 1.33. The van der Waals surface area contributed by atoms with E-state index in [1.54, 1.807) is 30.0 Å². The molecule has 0 aliphatic carbocycles. The number of nitrogens with zero attached hydrogens (tertiary/aromatic N) is 3. The summed E-state index contributed by atoms with van der Waals surface area (Å²) in [5, 5.41) is 4.16. The van der Waals surface area contributed by atoms with E-state index in [-0.39, 0.29) is 11.8 Å². The van der Waals surface area contributed by atoms with Gasteiger partial charge < -0.3 is 14.4 Å². The molecule has 0 unspecified atom stereocenters. The summed E-state index contributed by atoms with van der Waals surface area (Å²) in [7, 11) is 5.05. The van der Waals surface area contributed by atoms with Gasteiger partial charge in [-0.25, -0.2) is 0 Å². The number of ether oxygens (including phenoxy) is 2. The van der Waals surface area contributed by atoms with E-state index in [0.29, 0.717) is 18.0 Å². The maximum atomic E-state index is 12.6. The van der Waals surface area contributed by atoms with Crippen molar-refractivity contribution >= 4 is 11.6 Å². The first kappa shape index (κ1) is 16.9. The average molecular weight is 317 g/mol. The van der Waals surface area contributed by atoms with Gasteiger partial charge in [-0.2, -0.15) is 5.10 Å². The molecule has 1 heterocycles. The fourth-order valence-corrected chi connectivity index (χ4v) is 2.31. The Hall–Kier alpha value is -2.50. The summed E-state index contributed by atoms with van der Waals surface area (Å²) in [5.41, 5.74) is 1.68. The topological polar surface area (TPSA) is 56.6 Å². The second kappa shape index (κ2) is 7.17. The molecule has 2 rings (SSSR count). The lowest BCUT2D eigenvalue weighted by atomic mass is 10.1. The van der Waals surface area contributed by atoms with Gasteiger partial charge in [0.1, 0.15) is 11.5 Å². The molecule has 0 saturated heterocycles. The smallest absolute Gasteiger partial charge is 0.229 e. The largest absolute Gasteiger partial charge is 0.497 e. The fourth-order valence-electron chi connectivity index (χ4n) is 2.31. The number of anilines is 1. The number of carbonyl (C=O) groups excluding carboxylic acids is 1. The zero-order valence-electron chi connectivity index (χ0n) is 14.2. The SMILES string of the molecule is COc1ccc(CN(C(=O)C(C)C)c2cnn(C)c2)c(OC)c1. The highest BCUT2D eigenvalue weighted by Crippen LogP contribution is 2.28. The summed E-state index contributed by atoms with van der Waals surface area (Å²) in [6.45, 7) is 4.18. The number of benzene rings is 1. The van der Waals surface area contributed by atoms with E-state index in [9.17, 15) is 4.79 Å². The Kier molecular flexibility index (Phi) is 5.26. The van der Waals surface area contributed by atoms with Crippen molar-refractivity contribution in [1.82, 2.24) is 9.78 Å². The average Bonchev–Trinajstić information content (AvgIpc) is 2.97. The molecule has 1 amide bonds. The van der Waals surface area contributed by atoms with E-state index in [0.717, 1.165) is 11.3 Å². The third kappa shape index (κ3) is 3.83. The van der Waals surface area contributed by atoms with Gasteiger partial charge in [-0.05, 0) is 12.1 Å². The third-order valence-electron chi connectivity index (χ3n) is 3.59. The predicted octanol–water partition coefficient (Wildman–Crippen LogP) is 2.63. The molecule has 0 N–H and O–H groups in total. The molecule has 0 aliphatic rings. The Morgan fingerprint density at radius 3 is 2.57 bits per heavy atom. The monoisotopic (exact) mass is 317 g/mol. The number of aryl methyl sites for hydroxylation is 1. The number of hydrogen-bond donors (Lipinski definition) is 0. The Bertz CT molecular complexity index is 679. The molecule has 6 nitrogen and oxygen atoms in total. The van der Waals surface area contributed by atoms with Crippen molar-refractivity contribution < 1.29 is 14.3 Å². The minimum absolute atomic E-state index is 0.0378. The van der Waals surface area contributed by atoms with Crippen LogP contribution in [0.2, 0.25) is 0 Å². The summed E-state index contributed by atoms with van der Waals surface area (Å²) < 4.78 is 12.3. The Balaban J connectivity index is 2.36. The van der Waals surface area contributed by atoms with Crippen molar-refractivity contribution in [2.75, 3.05) is 19.1 Å². The normalized spacial score (nSPS) is 10.7. The van der Waals surface area contributed by atoms with Crippen molar-refractivity contribution in [3.05, 3.63) is 36.2 Å². The van der Waals surface area contributed by atoms with Gasteiger partial charge in [0, 0.05) is 30.8 Å². The molecule has 0 radical (unpaired) electrons. The fraction of sp³-hybridized carbons (Fsp3) is 0.412. The molecule has 0 atom stereocenters.